The molecule has 1 aliphatic rings. The molecule has 1 aliphatic carbocycles. The van der Waals surface area contributed by atoms with Crippen molar-refractivity contribution in [2.75, 3.05) is 0 Å². The van der Waals surface area contributed by atoms with Gasteiger partial charge in [0.2, 0.25) is 0 Å². The van der Waals surface area contributed by atoms with Crippen molar-refractivity contribution in [3.63, 3.8) is 0 Å². The molecule has 0 heterocycles. The first-order valence-corrected chi connectivity index (χ1v) is 7.46. The van der Waals surface area contributed by atoms with Crippen molar-refractivity contribution in [3.05, 3.63) is 59.7 Å². The van der Waals surface area contributed by atoms with Crippen LogP contribution in [0.5, 0.6) is 0 Å². The van der Waals surface area contributed by atoms with Gasteiger partial charge in [-0.05, 0) is 41.2 Å². The Morgan fingerprint density at radius 1 is 0.913 bits per heavy atom. The molecule has 0 saturated heterocycles. The lowest BCUT2D eigenvalue weighted by molar-refractivity contribution is -0.137. The van der Waals surface area contributed by atoms with Gasteiger partial charge in [0.15, 0.2) is 0 Å². The average molecular weight is 342 g/mol. The second-order valence-corrected chi connectivity index (χ2v) is 5.98. The molecule has 0 radical (unpaired) electrons. The maximum absolute atomic E-state index is 12.6. The van der Waals surface area contributed by atoms with Crippen molar-refractivity contribution in [2.24, 2.45) is 11.7 Å². The van der Waals surface area contributed by atoms with E-state index in [1.807, 2.05) is 24.3 Å². The number of hydrogen-bond acceptors (Lipinski definition) is 1. The number of alkyl halides is 3. The first-order chi connectivity index (χ1) is 10.4. The fraction of sp³-hybridized carbons (Fsp3) is 0.333. The highest BCUT2D eigenvalue weighted by Gasteiger charge is 2.30. The summed E-state index contributed by atoms with van der Waals surface area (Å²) < 4.78 is 37.7. The Labute approximate surface area is 140 Å². The Kier molecular flexibility index (Phi) is 5.37. The zero-order chi connectivity index (χ0) is 15.7. The fourth-order valence-electron chi connectivity index (χ4n) is 2.62. The molecule has 1 saturated carbocycles. The zero-order valence-electron chi connectivity index (χ0n) is 12.5. The van der Waals surface area contributed by atoms with Crippen molar-refractivity contribution in [1.29, 1.82) is 0 Å². The van der Waals surface area contributed by atoms with E-state index in [1.165, 1.54) is 25.0 Å². The van der Waals surface area contributed by atoms with Gasteiger partial charge in [-0.1, -0.05) is 49.2 Å². The van der Waals surface area contributed by atoms with E-state index < -0.39 is 11.7 Å². The highest BCUT2D eigenvalue weighted by Crippen LogP contribution is 2.37. The van der Waals surface area contributed by atoms with Gasteiger partial charge in [0.25, 0.3) is 0 Å². The van der Waals surface area contributed by atoms with E-state index in [4.69, 9.17) is 5.73 Å². The van der Waals surface area contributed by atoms with Crippen molar-refractivity contribution in [3.8, 4) is 11.1 Å². The summed E-state index contributed by atoms with van der Waals surface area (Å²) in [6.45, 7) is 0. The maximum Gasteiger partial charge on any atom is 0.416 e. The third-order valence-corrected chi connectivity index (χ3v) is 4.17. The number of halogens is 4. The molecule has 0 aliphatic heterocycles. The largest absolute Gasteiger partial charge is 0.416 e. The summed E-state index contributed by atoms with van der Waals surface area (Å²) in [5, 5.41) is 0. The molecule has 1 nitrogen and oxygen atoms in total. The summed E-state index contributed by atoms with van der Waals surface area (Å²) in [7, 11) is 0. The SMILES string of the molecule is Cl.N[C@H](CC1CC1)c1ccc(-c2ccc(C(F)(F)F)cc2)cc1. The molecule has 124 valence electrons. The number of hydrogen-bond donors (Lipinski definition) is 1. The average Bonchev–Trinajstić information content (AvgIpc) is 3.31. The minimum absolute atomic E-state index is 0. The minimum Gasteiger partial charge on any atom is -0.324 e. The van der Waals surface area contributed by atoms with Crippen LogP contribution in [0.25, 0.3) is 11.1 Å². The van der Waals surface area contributed by atoms with E-state index in [2.05, 4.69) is 0 Å². The van der Waals surface area contributed by atoms with E-state index in [0.29, 0.717) is 0 Å². The summed E-state index contributed by atoms with van der Waals surface area (Å²) in [5.74, 6) is 0.768. The van der Waals surface area contributed by atoms with Crippen LogP contribution in [0.1, 0.15) is 36.4 Å². The van der Waals surface area contributed by atoms with Gasteiger partial charge in [0, 0.05) is 6.04 Å². The monoisotopic (exact) mass is 341 g/mol. The van der Waals surface area contributed by atoms with Crippen LogP contribution in [0, 0.1) is 5.92 Å². The predicted molar refractivity (Wildman–Crippen MR) is 88.4 cm³/mol. The normalized spacial score (nSPS) is 15.8. The highest BCUT2D eigenvalue weighted by atomic mass is 35.5. The molecule has 1 atom stereocenters. The van der Waals surface area contributed by atoms with Gasteiger partial charge in [-0.25, -0.2) is 0 Å². The van der Waals surface area contributed by atoms with E-state index in [9.17, 15) is 13.2 Å². The molecule has 0 amide bonds. The Morgan fingerprint density at radius 3 is 1.83 bits per heavy atom. The summed E-state index contributed by atoms with van der Waals surface area (Å²) in [6, 6.07) is 13.1. The molecule has 5 heteroatoms. The van der Waals surface area contributed by atoms with Crippen molar-refractivity contribution >= 4 is 12.4 Å². The van der Waals surface area contributed by atoms with Gasteiger partial charge in [-0.3, -0.25) is 0 Å². The molecule has 2 aromatic carbocycles. The Morgan fingerprint density at radius 2 is 1.39 bits per heavy atom. The van der Waals surface area contributed by atoms with Gasteiger partial charge in [0.1, 0.15) is 0 Å². The van der Waals surface area contributed by atoms with Crippen LogP contribution < -0.4 is 5.73 Å². The number of benzene rings is 2. The van der Waals surface area contributed by atoms with E-state index >= 15 is 0 Å². The van der Waals surface area contributed by atoms with Crippen molar-refractivity contribution in [1.82, 2.24) is 0 Å². The fourth-order valence-corrected chi connectivity index (χ4v) is 2.62. The molecular formula is C18H19ClF3N. The smallest absolute Gasteiger partial charge is 0.324 e. The maximum atomic E-state index is 12.6. The van der Waals surface area contributed by atoms with E-state index in [-0.39, 0.29) is 18.4 Å². The minimum atomic E-state index is -4.29. The Balaban J connectivity index is 0.00000192. The summed E-state index contributed by atoms with van der Waals surface area (Å²) in [6.07, 6.45) is -0.730. The van der Waals surface area contributed by atoms with Gasteiger partial charge in [-0.2, -0.15) is 13.2 Å². The van der Waals surface area contributed by atoms with Gasteiger partial charge in [-0.15, -0.1) is 12.4 Å². The third-order valence-electron chi connectivity index (χ3n) is 4.17. The van der Waals surface area contributed by atoms with Gasteiger partial charge >= 0.3 is 6.18 Å². The van der Waals surface area contributed by atoms with Crippen LogP contribution in [0.3, 0.4) is 0 Å². The van der Waals surface area contributed by atoms with Gasteiger partial charge in [0.05, 0.1) is 5.56 Å². The lowest BCUT2D eigenvalue weighted by Gasteiger charge is -2.12. The van der Waals surface area contributed by atoms with Crippen LogP contribution >= 0.6 is 12.4 Å². The lowest BCUT2D eigenvalue weighted by Crippen LogP contribution is -2.10. The molecule has 23 heavy (non-hydrogen) atoms. The van der Waals surface area contributed by atoms with Crippen molar-refractivity contribution < 1.29 is 13.2 Å². The lowest BCUT2D eigenvalue weighted by atomic mass is 9.98. The summed E-state index contributed by atoms with van der Waals surface area (Å²) in [4.78, 5) is 0. The molecule has 0 unspecified atom stereocenters. The zero-order valence-corrected chi connectivity index (χ0v) is 13.3. The number of rotatable bonds is 4. The molecule has 2 N–H and O–H groups in total. The predicted octanol–water partition coefficient (Wildman–Crippen LogP) is 5.59. The Bertz CT molecular complexity index is 631. The van der Waals surface area contributed by atoms with Crippen LogP contribution in [0.2, 0.25) is 0 Å². The van der Waals surface area contributed by atoms with Crippen LogP contribution in [-0.4, -0.2) is 0 Å². The Hall–Kier alpha value is -1.52. The highest BCUT2D eigenvalue weighted by molar-refractivity contribution is 5.85. The molecule has 3 rings (SSSR count). The summed E-state index contributed by atoms with van der Waals surface area (Å²) in [5.41, 5.74) is 8.30. The van der Waals surface area contributed by atoms with E-state index in [1.54, 1.807) is 0 Å². The first-order valence-electron chi connectivity index (χ1n) is 7.46. The number of nitrogens with two attached hydrogens (primary N) is 1. The van der Waals surface area contributed by atoms with Crippen LogP contribution in [0.4, 0.5) is 13.2 Å². The second-order valence-electron chi connectivity index (χ2n) is 5.98. The van der Waals surface area contributed by atoms with Crippen LogP contribution in [0.15, 0.2) is 48.5 Å². The molecule has 0 spiro atoms. The van der Waals surface area contributed by atoms with Gasteiger partial charge < -0.3 is 5.73 Å². The summed E-state index contributed by atoms with van der Waals surface area (Å²) >= 11 is 0. The molecule has 0 bridgehead atoms. The molecule has 0 aromatic heterocycles. The van der Waals surface area contributed by atoms with Crippen LogP contribution in [-0.2, 0) is 6.18 Å². The topological polar surface area (TPSA) is 26.0 Å². The van der Waals surface area contributed by atoms with E-state index in [0.717, 1.165) is 41.2 Å². The third kappa shape index (κ3) is 4.49. The first kappa shape index (κ1) is 17.8. The molecular weight excluding hydrogens is 323 g/mol. The second kappa shape index (κ2) is 6.93. The quantitative estimate of drug-likeness (QED) is 0.770. The molecule has 2 aromatic rings. The van der Waals surface area contributed by atoms with Crippen molar-refractivity contribution in [2.45, 2.75) is 31.5 Å². The molecule has 1 fully saturated rings. The standard InChI is InChI=1S/C18H18F3N.ClH/c19-18(20,21)16-9-7-14(8-10-16)13-3-5-15(6-4-13)17(22)11-12-1-2-12;/h3-10,12,17H,1-2,11,22H2;1H/t17-;/m1./s1.